The summed E-state index contributed by atoms with van der Waals surface area (Å²) in [4.78, 5) is 16.9. The number of thiazole rings is 1. The normalized spacial score (nSPS) is 11.3. The van der Waals surface area contributed by atoms with Crippen LogP contribution in [-0.2, 0) is 0 Å². The van der Waals surface area contributed by atoms with Crippen LogP contribution in [-0.4, -0.2) is 10.8 Å². The van der Waals surface area contributed by atoms with Crippen LogP contribution in [0.2, 0.25) is 0 Å². The minimum Gasteiger partial charge on any atom is -0.292 e. The molecule has 3 rings (SSSR count). The van der Waals surface area contributed by atoms with E-state index in [0.717, 1.165) is 0 Å². The van der Waals surface area contributed by atoms with Crippen molar-refractivity contribution in [2.75, 3.05) is 0 Å². The van der Waals surface area contributed by atoms with Crippen LogP contribution < -0.4 is 0 Å². The minimum atomic E-state index is -1.02. The van der Waals surface area contributed by atoms with Crippen LogP contribution in [0.15, 0.2) is 53.9 Å². The molecule has 1 heterocycles. The molecule has 1 atom stereocenters. The molecule has 4 nitrogen and oxygen atoms in total. The third kappa shape index (κ3) is 3.45. The van der Waals surface area contributed by atoms with Gasteiger partial charge in [-0.15, -0.1) is 11.3 Å². The first-order valence-corrected chi connectivity index (χ1v) is 8.15. The van der Waals surface area contributed by atoms with Crippen molar-refractivity contribution in [2.24, 2.45) is 0 Å². The Hall–Kier alpha value is -3.35. The van der Waals surface area contributed by atoms with Crippen molar-refractivity contribution in [1.82, 2.24) is 4.98 Å². The second-order valence-electron chi connectivity index (χ2n) is 5.19. The standard InChI is InChI=1S/C19H10FN3OS/c20-15-7-5-13(6-8-15)17-11-25-19(23-17)16(10-22)18(24)14-3-1-12(9-21)2-4-14/h1-8,11,16H. The van der Waals surface area contributed by atoms with Gasteiger partial charge in [0.15, 0.2) is 11.7 Å². The zero-order valence-corrected chi connectivity index (χ0v) is 13.6. The topological polar surface area (TPSA) is 77.5 Å². The number of ketones is 1. The molecule has 0 amide bonds. The molecule has 0 saturated heterocycles. The third-order valence-corrected chi connectivity index (χ3v) is 4.51. The SMILES string of the molecule is N#Cc1ccc(C(=O)C(C#N)c2nc(-c3ccc(F)cc3)cs2)cc1. The van der Waals surface area contributed by atoms with Gasteiger partial charge in [0, 0.05) is 16.5 Å². The molecule has 6 heteroatoms. The van der Waals surface area contributed by atoms with Crippen LogP contribution in [0.3, 0.4) is 0 Å². The summed E-state index contributed by atoms with van der Waals surface area (Å²) < 4.78 is 13.0. The smallest absolute Gasteiger partial charge is 0.186 e. The maximum absolute atomic E-state index is 13.0. The van der Waals surface area contributed by atoms with Gasteiger partial charge in [-0.3, -0.25) is 4.79 Å². The Kier molecular flexibility index (Phi) is 4.65. The number of rotatable bonds is 4. The molecule has 0 N–H and O–H groups in total. The van der Waals surface area contributed by atoms with E-state index in [4.69, 9.17) is 5.26 Å². The molecular formula is C19H10FN3OS. The largest absolute Gasteiger partial charge is 0.292 e. The number of hydrogen-bond acceptors (Lipinski definition) is 5. The summed E-state index contributed by atoms with van der Waals surface area (Å²) in [5.74, 6) is -1.73. The number of hydrogen-bond donors (Lipinski definition) is 0. The van der Waals surface area contributed by atoms with Crippen LogP contribution >= 0.6 is 11.3 Å². The van der Waals surface area contributed by atoms with Crippen molar-refractivity contribution in [3.8, 4) is 23.4 Å². The highest BCUT2D eigenvalue weighted by molar-refractivity contribution is 7.10. The van der Waals surface area contributed by atoms with Crippen LogP contribution in [0.5, 0.6) is 0 Å². The van der Waals surface area contributed by atoms with Crippen molar-refractivity contribution in [3.63, 3.8) is 0 Å². The van der Waals surface area contributed by atoms with E-state index >= 15 is 0 Å². The lowest BCUT2D eigenvalue weighted by Crippen LogP contribution is -2.11. The summed E-state index contributed by atoms with van der Waals surface area (Å²) in [6.45, 7) is 0. The molecule has 0 radical (unpaired) electrons. The molecule has 1 unspecified atom stereocenters. The quantitative estimate of drug-likeness (QED) is 0.659. The maximum atomic E-state index is 13.0. The van der Waals surface area contributed by atoms with E-state index in [-0.39, 0.29) is 11.6 Å². The molecule has 1 aromatic heterocycles. The number of benzene rings is 2. The lowest BCUT2D eigenvalue weighted by Gasteiger charge is -2.05. The van der Waals surface area contributed by atoms with Gasteiger partial charge < -0.3 is 0 Å². The van der Waals surface area contributed by atoms with E-state index in [2.05, 4.69) is 4.98 Å². The van der Waals surface area contributed by atoms with Gasteiger partial charge in [0.2, 0.25) is 0 Å². The molecule has 0 saturated carbocycles. The average Bonchev–Trinajstić information content (AvgIpc) is 3.12. The van der Waals surface area contributed by atoms with Gasteiger partial charge in [-0.25, -0.2) is 9.37 Å². The second kappa shape index (κ2) is 7.04. The van der Waals surface area contributed by atoms with E-state index in [9.17, 15) is 14.4 Å². The monoisotopic (exact) mass is 347 g/mol. The molecular weight excluding hydrogens is 337 g/mol. The van der Waals surface area contributed by atoms with Crippen LogP contribution in [0.1, 0.15) is 26.8 Å². The first kappa shape index (κ1) is 16.5. The van der Waals surface area contributed by atoms with Crippen molar-refractivity contribution >= 4 is 17.1 Å². The predicted molar refractivity (Wildman–Crippen MR) is 91.3 cm³/mol. The van der Waals surface area contributed by atoms with Crippen molar-refractivity contribution < 1.29 is 9.18 Å². The Labute approximate surface area is 147 Å². The summed E-state index contributed by atoms with van der Waals surface area (Å²) in [5.41, 5.74) is 2.10. The highest BCUT2D eigenvalue weighted by Gasteiger charge is 2.25. The number of halogens is 1. The lowest BCUT2D eigenvalue weighted by atomic mass is 9.98. The summed E-state index contributed by atoms with van der Waals surface area (Å²) in [7, 11) is 0. The summed E-state index contributed by atoms with van der Waals surface area (Å²) in [6.07, 6.45) is 0. The fourth-order valence-electron chi connectivity index (χ4n) is 2.28. The first-order chi connectivity index (χ1) is 12.1. The lowest BCUT2D eigenvalue weighted by molar-refractivity contribution is 0.0979. The number of Topliss-reactive ketones (excluding diaryl/α,β-unsaturated/α-hetero) is 1. The van der Waals surface area contributed by atoms with Gasteiger partial charge in [-0.1, -0.05) is 12.1 Å². The number of nitrogens with zero attached hydrogens (tertiary/aromatic N) is 3. The van der Waals surface area contributed by atoms with Gasteiger partial charge in [0.05, 0.1) is 23.4 Å². The first-order valence-electron chi connectivity index (χ1n) is 7.27. The van der Waals surface area contributed by atoms with Crippen molar-refractivity contribution in [3.05, 3.63) is 75.9 Å². The average molecular weight is 347 g/mol. The molecule has 3 aromatic rings. The van der Waals surface area contributed by atoms with Crippen molar-refractivity contribution in [2.45, 2.75) is 5.92 Å². The van der Waals surface area contributed by atoms with Gasteiger partial charge in [0.1, 0.15) is 10.8 Å². The number of carbonyl (C=O) groups excluding carboxylic acids is 1. The van der Waals surface area contributed by atoms with E-state index < -0.39 is 5.92 Å². The van der Waals surface area contributed by atoms with E-state index in [1.807, 2.05) is 12.1 Å². The highest BCUT2D eigenvalue weighted by atomic mass is 32.1. The van der Waals surface area contributed by atoms with Crippen LogP contribution in [0.4, 0.5) is 4.39 Å². The number of carbonyl (C=O) groups is 1. The van der Waals surface area contributed by atoms with Crippen LogP contribution in [0, 0.1) is 28.5 Å². The number of aromatic nitrogens is 1. The number of nitriles is 2. The van der Waals surface area contributed by atoms with Gasteiger partial charge in [-0.05, 0) is 36.4 Å². The highest BCUT2D eigenvalue weighted by Crippen LogP contribution is 2.28. The maximum Gasteiger partial charge on any atom is 0.186 e. The summed E-state index contributed by atoms with van der Waals surface area (Å²) in [5, 5.41) is 20.4. The van der Waals surface area contributed by atoms with E-state index in [0.29, 0.717) is 27.4 Å². The summed E-state index contributed by atoms with van der Waals surface area (Å²) in [6, 6.07) is 16.0. The Morgan fingerprint density at radius 1 is 1.08 bits per heavy atom. The molecule has 25 heavy (non-hydrogen) atoms. The van der Waals surface area contributed by atoms with Crippen LogP contribution in [0.25, 0.3) is 11.3 Å². The molecule has 0 aliphatic rings. The Bertz CT molecular complexity index is 995. The molecule has 120 valence electrons. The Morgan fingerprint density at radius 2 is 1.76 bits per heavy atom. The molecule has 2 aromatic carbocycles. The molecule has 0 spiro atoms. The third-order valence-electron chi connectivity index (χ3n) is 3.60. The fourth-order valence-corrected chi connectivity index (χ4v) is 3.14. The molecule has 0 fully saturated rings. The Balaban J connectivity index is 1.88. The fraction of sp³-hybridized carbons (Fsp3) is 0.0526. The molecule has 0 bridgehead atoms. The van der Waals surface area contributed by atoms with E-state index in [1.165, 1.54) is 47.7 Å². The van der Waals surface area contributed by atoms with Gasteiger partial charge >= 0.3 is 0 Å². The second-order valence-corrected chi connectivity index (χ2v) is 6.08. The van der Waals surface area contributed by atoms with Crippen molar-refractivity contribution in [1.29, 1.82) is 10.5 Å². The molecule has 0 aliphatic heterocycles. The Morgan fingerprint density at radius 3 is 2.36 bits per heavy atom. The summed E-state index contributed by atoms with van der Waals surface area (Å²) >= 11 is 1.21. The zero-order chi connectivity index (χ0) is 17.8. The van der Waals surface area contributed by atoms with Gasteiger partial charge in [-0.2, -0.15) is 10.5 Å². The zero-order valence-electron chi connectivity index (χ0n) is 12.8. The van der Waals surface area contributed by atoms with Gasteiger partial charge in [0.25, 0.3) is 0 Å². The van der Waals surface area contributed by atoms with E-state index in [1.54, 1.807) is 17.5 Å². The molecule has 0 aliphatic carbocycles. The predicted octanol–water partition coefficient (Wildman–Crippen LogP) is 4.31. The minimum absolute atomic E-state index is 0.343.